The minimum atomic E-state index is 0.134. The molecule has 1 N–H and O–H groups in total. The normalized spacial score (nSPS) is 20.4. The third-order valence-electron chi connectivity index (χ3n) is 2.64. The van der Waals surface area contributed by atoms with Crippen LogP contribution in [0.5, 0.6) is 0 Å². The van der Waals surface area contributed by atoms with Crippen LogP contribution < -0.4 is 5.32 Å². The number of anilines is 1. The number of carbonyl (C=O) groups excluding carboxylic acids is 1. The molecule has 0 saturated carbocycles. The van der Waals surface area contributed by atoms with Crippen molar-refractivity contribution in [2.45, 2.75) is 12.8 Å². The van der Waals surface area contributed by atoms with Crippen LogP contribution in [0.25, 0.3) is 0 Å². The van der Waals surface area contributed by atoms with Gasteiger partial charge in [-0.3, -0.25) is 4.79 Å². The maximum absolute atomic E-state index is 11.9. The topological polar surface area (TPSA) is 29.1 Å². The summed E-state index contributed by atoms with van der Waals surface area (Å²) in [5.41, 5.74) is 0.824. The molecule has 1 aromatic rings. The molecular weight excluding hydrogens is 242 g/mol. The van der Waals surface area contributed by atoms with Gasteiger partial charge < -0.3 is 5.32 Å². The molecule has 1 atom stereocenters. The van der Waals surface area contributed by atoms with Crippen LogP contribution in [0, 0.1) is 5.92 Å². The molecule has 16 heavy (non-hydrogen) atoms. The average molecular weight is 256 g/mol. The van der Waals surface area contributed by atoms with Crippen LogP contribution >= 0.6 is 23.4 Å². The van der Waals surface area contributed by atoms with Gasteiger partial charge in [0.1, 0.15) is 0 Å². The molecule has 86 valence electrons. The summed E-state index contributed by atoms with van der Waals surface area (Å²) in [6, 6.07) is 7.23. The van der Waals surface area contributed by atoms with Crippen molar-refractivity contribution < 1.29 is 4.79 Å². The van der Waals surface area contributed by atoms with E-state index in [4.69, 9.17) is 11.6 Å². The lowest BCUT2D eigenvalue weighted by Crippen LogP contribution is -2.27. The fraction of sp³-hybridized carbons (Fsp3) is 0.417. The molecular formula is C12H14ClNOS. The lowest BCUT2D eigenvalue weighted by Gasteiger charge is -2.20. The molecule has 1 aromatic carbocycles. The lowest BCUT2D eigenvalue weighted by atomic mass is 10.0. The highest BCUT2D eigenvalue weighted by molar-refractivity contribution is 7.99. The third kappa shape index (κ3) is 3.16. The van der Waals surface area contributed by atoms with Crippen molar-refractivity contribution in [1.82, 2.24) is 0 Å². The number of amides is 1. The SMILES string of the molecule is O=C(Nc1ccc(Cl)cc1)C1CCCSC1. The van der Waals surface area contributed by atoms with Gasteiger partial charge in [-0.15, -0.1) is 0 Å². The van der Waals surface area contributed by atoms with Crippen molar-refractivity contribution in [2.75, 3.05) is 16.8 Å². The Morgan fingerprint density at radius 1 is 1.38 bits per heavy atom. The van der Waals surface area contributed by atoms with Gasteiger partial charge in [0, 0.05) is 22.4 Å². The van der Waals surface area contributed by atoms with Gasteiger partial charge in [-0.1, -0.05) is 11.6 Å². The van der Waals surface area contributed by atoms with Crippen LogP contribution in [0.3, 0.4) is 0 Å². The molecule has 2 rings (SSSR count). The van der Waals surface area contributed by atoms with Crippen molar-refractivity contribution >= 4 is 35.0 Å². The van der Waals surface area contributed by atoms with E-state index in [2.05, 4.69) is 5.32 Å². The van der Waals surface area contributed by atoms with E-state index in [1.54, 1.807) is 12.1 Å². The van der Waals surface area contributed by atoms with Crippen LogP contribution in [0.15, 0.2) is 24.3 Å². The number of hydrogen-bond donors (Lipinski definition) is 1. The summed E-state index contributed by atoms with van der Waals surface area (Å²) in [6.07, 6.45) is 2.15. The maximum atomic E-state index is 11.9. The number of carbonyl (C=O) groups is 1. The van der Waals surface area contributed by atoms with Gasteiger partial charge in [0.15, 0.2) is 0 Å². The molecule has 1 aliphatic rings. The quantitative estimate of drug-likeness (QED) is 0.877. The van der Waals surface area contributed by atoms with Crippen LogP contribution in [0.4, 0.5) is 5.69 Å². The summed E-state index contributed by atoms with van der Waals surface area (Å²) >= 11 is 7.64. The first-order valence-electron chi connectivity index (χ1n) is 5.40. The van der Waals surface area contributed by atoms with Crippen molar-refractivity contribution in [3.05, 3.63) is 29.3 Å². The summed E-state index contributed by atoms with van der Waals surface area (Å²) < 4.78 is 0. The van der Waals surface area contributed by atoms with Crippen molar-refractivity contribution in [1.29, 1.82) is 0 Å². The Kier molecular flexibility index (Phi) is 4.13. The first kappa shape index (κ1) is 11.8. The molecule has 0 aromatic heterocycles. The van der Waals surface area contributed by atoms with Gasteiger partial charge in [-0.2, -0.15) is 11.8 Å². The van der Waals surface area contributed by atoms with E-state index in [0.717, 1.165) is 24.3 Å². The molecule has 2 nitrogen and oxygen atoms in total. The number of benzene rings is 1. The Labute approximate surface area is 105 Å². The minimum Gasteiger partial charge on any atom is -0.326 e. The molecule has 1 fully saturated rings. The van der Waals surface area contributed by atoms with Crippen molar-refractivity contribution in [3.8, 4) is 0 Å². The summed E-state index contributed by atoms with van der Waals surface area (Å²) in [6.45, 7) is 0. The number of hydrogen-bond acceptors (Lipinski definition) is 2. The van der Waals surface area contributed by atoms with Gasteiger partial charge in [0.2, 0.25) is 5.91 Å². The lowest BCUT2D eigenvalue weighted by molar-refractivity contribution is -0.119. The predicted octanol–water partition coefficient (Wildman–Crippen LogP) is 3.42. The van der Waals surface area contributed by atoms with E-state index in [1.807, 2.05) is 23.9 Å². The molecule has 0 spiro atoms. The number of rotatable bonds is 2. The van der Waals surface area contributed by atoms with Gasteiger partial charge in [-0.05, 0) is 42.9 Å². The number of nitrogens with one attached hydrogen (secondary N) is 1. The van der Waals surface area contributed by atoms with Gasteiger partial charge in [-0.25, -0.2) is 0 Å². The van der Waals surface area contributed by atoms with Gasteiger partial charge in [0.05, 0.1) is 0 Å². The Bertz CT molecular complexity index is 360. The smallest absolute Gasteiger partial charge is 0.228 e. The summed E-state index contributed by atoms with van der Waals surface area (Å²) in [7, 11) is 0. The standard InChI is InChI=1S/C12H14ClNOS/c13-10-3-5-11(6-4-10)14-12(15)9-2-1-7-16-8-9/h3-6,9H,1-2,7-8H2,(H,14,15). The highest BCUT2D eigenvalue weighted by Crippen LogP contribution is 2.24. The first-order chi connectivity index (χ1) is 7.75. The number of halogens is 1. The zero-order valence-electron chi connectivity index (χ0n) is 8.91. The fourth-order valence-corrected chi connectivity index (χ4v) is 2.99. The van der Waals surface area contributed by atoms with E-state index >= 15 is 0 Å². The van der Waals surface area contributed by atoms with Crippen LogP contribution in [0.1, 0.15) is 12.8 Å². The summed E-state index contributed by atoms with van der Waals surface area (Å²) in [5.74, 6) is 2.42. The maximum Gasteiger partial charge on any atom is 0.228 e. The highest BCUT2D eigenvalue weighted by atomic mass is 35.5. The zero-order valence-corrected chi connectivity index (χ0v) is 10.5. The largest absolute Gasteiger partial charge is 0.326 e. The van der Waals surface area contributed by atoms with Crippen molar-refractivity contribution in [3.63, 3.8) is 0 Å². The van der Waals surface area contributed by atoms with E-state index in [0.29, 0.717) is 5.02 Å². The third-order valence-corrected chi connectivity index (χ3v) is 4.11. The first-order valence-corrected chi connectivity index (χ1v) is 6.93. The molecule has 1 unspecified atom stereocenters. The van der Waals surface area contributed by atoms with Crippen LogP contribution in [0.2, 0.25) is 5.02 Å². The van der Waals surface area contributed by atoms with Gasteiger partial charge in [0.25, 0.3) is 0 Å². The summed E-state index contributed by atoms with van der Waals surface area (Å²) in [4.78, 5) is 11.9. The monoisotopic (exact) mass is 255 g/mol. The molecule has 1 heterocycles. The summed E-state index contributed by atoms with van der Waals surface area (Å²) in [5, 5.41) is 3.61. The van der Waals surface area contributed by atoms with E-state index in [1.165, 1.54) is 5.75 Å². The van der Waals surface area contributed by atoms with Gasteiger partial charge >= 0.3 is 0 Å². The van der Waals surface area contributed by atoms with E-state index in [-0.39, 0.29) is 11.8 Å². The van der Waals surface area contributed by atoms with Crippen LogP contribution in [-0.4, -0.2) is 17.4 Å². The Morgan fingerprint density at radius 2 is 2.12 bits per heavy atom. The zero-order chi connectivity index (χ0) is 11.4. The van der Waals surface area contributed by atoms with Crippen LogP contribution in [-0.2, 0) is 4.79 Å². The molecule has 1 aliphatic heterocycles. The molecule has 0 bridgehead atoms. The minimum absolute atomic E-state index is 0.134. The molecule has 1 saturated heterocycles. The fourth-order valence-electron chi connectivity index (χ4n) is 1.73. The number of thioether (sulfide) groups is 1. The Hall–Kier alpha value is -0.670. The highest BCUT2D eigenvalue weighted by Gasteiger charge is 2.21. The van der Waals surface area contributed by atoms with Crippen molar-refractivity contribution in [2.24, 2.45) is 5.92 Å². The van der Waals surface area contributed by atoms with E-state index in [9.17, 15) is 4.79 Å². The average Bonchev–Trinajstić information content (AvgIpc) is 2.33. The molecule has 0 radical (unpaired) electrons. The second-order valence-electron chi connectivity index (χ2n) is 3.91. The predicted molar refractivity (Wildman–Crippen MR) is 70.1 cm³/mol. The van der Waals surface area contributed by atoms with E-state index < -0.39 is 0 Å². The molecule has 0 aliphatic carbocycles. The molecule has 1 amide bonds. The Balaban J connectivity index is 1.93. The molecule has 4 heteroatoms. The second kappa shape index (κ2) is 5.60. The second-order valence-corrected chi connectivity index (χ2v) is 5.50. The Morgan fingerprint density at radius 3 is 2.75 bits per heavy atom.